The first-order valence-corrected chi connectivity index (χ1v) is 5.66. The maximum atomic E-state index is 12.9. The Bertz CT molecular complexity index is 515. The standard InChI is InChI=1S/C15H14FN/c1-2-17-11-13-5-3-4-6-15(13)12-7-9-14(16)10-8-12/h3-11H,2H2,1H3. The van der Waals surface area contributed by atoms with E-state index in [4.69, 9.17) is 0 Å². The van der Waals surface area contributed by atoms with E-state index in [0.29, 0.717) is 0 Å². The molecule has 2 heteroatoms. The first-order valence-electron chi connectivity index (χ1n) is 5.66. The van der Waals surface area contributed by atoms with E-state index in [2.05, 4.69) is 4.99 Å². The van der Waals surface area contributed by atoms with Gasteiger partial charge in [-0.3, -0.25) is 4.99 Å². The molecule has 0 bridgehead atoms. The minimum absolute atomic E-state index is 0.214. The molecule has 0 saturated heterocycles. The zero-order chi connectivity index (χ0) is 12.1. The van der Waals surface area contributed by atoms with E-state index in [0.717, 1.165) is 23.2 Å². The molecule has 2 aromatic carbocycles. The van der Waals surface area contributed by atoms with Crippen LogP contribution < -0.4 is 0 Å². The lowest BCUT2D eigenvalue weighted by Gasteiger charge is -2.05. The summed E-state index contributed by atoms with van der Waals surface area (Å²) >= 11 is 0. The van der Waals surface area contributed by atoms with Gasteiger partial charge in [0.2, 0.25) is 0 Å². The van der Waals surface area contributed by atoms with Gasteiger partial charge in [-0.2, -0.15) is 0 Å². The van der Waals surface area contributed by atoms with E-state index in [9.17, 15) is 4.39 Å². The van der Waals surface area contributed by atoms with Crippen LogP contribution >= 0.6 is 0 Å². The van der Waals surface area contributed by atoms with Crippen molar-refractivity contribution in [3.8, 4) is 11.1 Å². The summed E-state index contributed by atoms with van der Waals surface area (Å²) in [6, 6.07) is 14.5. The number of halogens is 1. The molecule has 0 unspecified atom stereocenters. The van der Waals surface area contributed by atoms with Gasteiger partial charge in [-0.15, -0.1) is 0 Å². The second-order valence-corrected chi connectivity index (χ2v) is 3.72. The maximum absolute atomic E-state index is 12.9. The highest BCUT2D eigenvalue weighted by Gasteiger charge is 2.02. The van der Waals surface area contributed by atoms with Gasteiger partial charge in [-0.05, 0) is 30.2 Å². The van der Waals surface area contributed by atoms with Crippen LogP contribution in [0, 0.1) is 5.82 Å². The third-order valence-electron chi connectivity index (χ3n) is 2.53. The molecule has 0 radical (unpaired) electrons. The molecule has 0 heterocycles. The Morgan fingerprint density at radius 1 is 1.06 bits per heavy atom. The molecule has 0 N–H and O–H groups in total. The van der Waals surface area contributed by atoms with Crippen molar-refractivity contribution in [2.45, 2.75) is 6.92 Å². The number of hydrogen-bond donors (Lipinski definition) is 0. The summed E-state index contributed by atoms with van der Waals surface area (Å²) in [6.07, 6.45) is 1.86. The molecule has 0 fully saturated rings. The molecule has 0 aliphatic rings. The first kappa shape index (κ1) is 11.5. The van der Waals surface area contributed by atoms with Crippen molar-refractivity contribution in [3.63, 3.8) is 0 Å². The molecule has 1 nitrogen and oxygen atoms in total. The Kier molecular flexibility index (Phi) is 3.66. The van der Waals surface area contributed by atoms with Crippen LogP contribution in [0.2, 0.25) is 0 Å². The van der Waals surface area contributed by atoms with E-state index in [1.54, 1.807) is 12.1 Å². The second-order valence-electron chi connectivity index (χ2n) is 3.72. The summed E-state index contributed by atoms with van der Waals surface area (Å²) in [4.78, 5) is 4.25. The quantitative estimate of drug-likeness (QED) is 0.704. The van der Waals surface area contributed by atoms with Crippen LogP contribution in [0.15, 0.2) is 53.5 Å². The van der Waals surface area contributed by atoms with Crippen molar-refractivity contribution >= 4 is 6.21 Å². The summed E-state index contributed by atoms with van der Waals surface area (Å²) < 4.78 is 12.9. The van der Waals surface area contributed by atoms with Gasteiger partial charge >= 0.3 is 0 Å². The number of benzene rings is 2. The third kappa shape index (κ3) is 2.78. The Labute approximate surface area is 101 Å². The van der Waals surface area contributed by atoms with Crippen LogP contribution in [0.4, 0.5) is 4.39 Å². The molecule has 0 aromatic heterocycles. The van der Waals surface area contributed by atoms with Crippen LogP contribution in [-0.4, -0.2) is 12.8 Å². The molecule has 0 spiro atoms. The van der Waals surface area contributed by atoms with Crippen LogP contribution in [0.5, 0.6) is 0 Å². The summed E-state index contributed by atoms with van der Waals surface area (Å²) in [5.74, 6) is -0.214. The van der Waals surface area contributed by atoms with Crippen LogP contribution in [0.1, 0.15) is 12.5 Å². The van der Waals surface area contributed by atoms with Crippen molar-refractivity contribution < 1.29 is 4.39 Å². The summed E-state index contributed by atoms with van der Waals surface area (Å²) in [6.45, 7) is 2.76. The van der Waals surface area contributed by atoms with Gasteiger partial charge in [0.05, 0.1) is 0 Å². The molecule has 2 rings (SSSR count). The Morgan fingerprint density at radius 2 is 1.76 bits per heavy atom. The Morgan fingerprint density at radius 3 is 2.47 bits per heavy atom. The second kappa shape index (κ2) is 5.39. The fraction of sp³-hybridized carbons (Fsp3) is 0.133. The predicted octanol–water partition coefficient (Wildman–Crippen LogP) is 3.93. The molecule has 0 atom stereocenters. The van der Waals surface area contributed by atoms with Gasteiger partial charge in [0, 0.05) is 18.3 Å². The highest BCUT2D eigenvalue weighted by Crippen LogP contribution is 2.22. The van der Waals surface area contributed by atoms with E-state index in [-0.39, 0.29) is 5.82 Å². The van der Waals surface area contributed by atoms with E-state index in [1.807, 2.05) is 37.4 Å². The third-order valence-corrected chi connectivity index (χ3v) is 2.53. The lowest BCUT2D eigenvalue weighted by atomic mass is 10.0. The fourth-order valence-corrected chi connectivity index (χ4v) is 1.69. The van der Waals surface area contributed by atoms with Gasteiger partial charge in [0.25, 0.3) is 0 Å². The number of hydrogen-bond acceptors (Lipinski definition) is 1. The molecule has 86 valence electrons. The van der Waals surface area contributed by atoms with Gasteiger partial charge in [-0.1, -0.05) is 36.4 Å². The first-order chi connectivity index (χ1) is 8.31. The van der Waals surface area contributed by atoms with Crippen LogP contribution in [0.25, 0.3) is 11.1 Å². The number of rotatable bonds is 3. The van der Waals surface area contributed by atoms with Crippen molar-refractivity contribution in [1.29, 1.82) is 0 Å². The largest absolute Gasteiger partial charge is 0.293 e. The average Bonchev–Trinajstić information content (AvgIpc) is 2.38. The summed E-state index contributed by atoms with van der Waals surface area (Å²) in [7, 11) is 0. The molecule has 17 heavy (non-hydrogen) atoms. The number of nitrogens with zero attached hydrogens (tertiary/aromatic N) is 1. The van der Waals surface area contributed by atoms with Crippen LogP contribution in [-0.2, 0) is 0 Å². The molecular weight excluding hydrogens is 213 g/mol. The highest BCUT2D eigenvalue weighted by atomic mass is 19.1. The van der Waals surface area contributed by atoms with Crippen LogP contribution in [0.3, 0.4) is 0 Å². The minimum Gasteiger partial charge on any atom is -0.293 e. The molecule has 0 aliphatic carbocycles. The topological polar surface area (TPSA) is 12.4 Å². The normalized spacial score (nSPS) is 10.9. The lowest BCUT2D eigenvalue weighted by Crippen LogP contribution is -1.88. The van der Waals surface area contributed by atoms with Crippen molar-refractivity contribution in [2.24, 2.45) is 4.99 Å². The number of aliphatic imine (C=N–C) groups is 1. The summed E-state index contributed by atoms with van der Waals surface area (Å²) in [5, 5.41) is 0. The van der Waals surface area contributed by atoms with E-state index in [1.165, 1.54) is 12.1 Å². The van der Waals surface area contributed by atoms with Crippen molar-refractivity contribution in [1.82, 2.24) is 0 Å². The molecule has 0 aliphatic heterocycles. The summed E-state index contributed by atoms with van der Waals surface area (Å²) in [5.41, 5.74) is 3.13. The highest BCUT2D eigenvalue weighted by molar-refractivity contribution is 5.90. The van der Waals surface area contributed by atoms with Gasteiger partial charge < -0.3 is 0 Å². The average molecular weight is 227 g/mol. The zero-order valence-electron chi connectivity index (χ0n) is 9.73. The zero-order valence-corrected chi connectivity index (χ0v) is 9.73. The van der Waals surface area contributed by atoms with Gasteiger partial charge in [0.15, 0.2) is 0 Å². The van der Waals surface area contributed by atoms with E-state index < -0.39 is 0 Å². The fourth-order valence-electron chi connectivity index (χ4n) is 1.69. The van der Waals surface area contributed by atoms with Crippen molar-refractivity contribution in [3.05, 3.63) is 59.9 Å². The smallest absolute Gasteiger partial charge is 0.123 e. The van der Waals surface area contributed by atoms with Crippen molar-refractivity contribution in [2.75, 3.05) is 6.54 Å². The predicted molar refractivity (Wildman–Crippen MR) is 70.0 cm³/mol. The molecule has 0 saturated carbocycles. The Hall–Kier alpha value is -1.96. The minimum atomic E-state index is -0.214. The SMILES string of the molecule is CCN=Cc1ccccc1-c1ccc(F)cc1. The van der Waals surface area contributed by atoms with E-state index >= 15 is 0 Å². The molecular formula is C15H14FN. The molecule has 2 aromatic rings. The Balaban J connectivity index is 2.44. The monoisotopic (exact) mass is 227 g/mol. The molecule has 0 amide bonds. The van der Waals surface area contributed by atoms with Gasteiger partial charge in [0.1, 0.15) is 5.82 Å². The lowest BCUT2D eigenvalue weighted by molar-refractivity contribution is 0.628. The van der Waals surface area contributed by atoms with Gasteiger partial charge in [-0.25, -0.2) is 4.39 Å². The maximum Gasteiger partial charge on any atom is 0.123 e.